The lowest BCUT2D eigenvalue weighted by Crippen LogP contribution is -2.30. The van der Waals surface area contributed by atoms with Gasteiger partial charge in [-0.15, -0.1) is 0 Å². The maximum atomic E-state index is 12.7. The summed E-state index contributed by atoms with van der Waals surface area (Å²) in [4.78, 5) is 27.1. The van der Waals surface area contributed by atoms with Crippen molar-refractivity contribution in [2.75, 3.05) is 13.2 Å². The topological polar surface area (TPSA) is 80.3 Å². The smallest absolute Gasteiger partial charge is 0.269 e. The predicted molar refractivity (Wildman–Crippen MR) is 97.7 cm³/mol. The number of hydrogen-bond donors (Lipinski definition) is 2. The summed E-state index contributed by atoms with van der Waals surface area (Å²) >= 11 is 5.48. The molecule has 0 aromatic carbocycles. The van der Waals surface area contributed by atoms with Gasteiger partial charge < -0.3 is 15.4 Å². The molecule has 0 saturated heterocycles. The number of pyridine rings is 1. The molecular weight excluding hydrogens is 380 g/mol. The Morgan fingerprint density at radius 1 is 1.33 bits per heavy atom. The van der Waals surface area contributed by atoms with Gasteiger partial charge in [0.05, 0.1) is 17.5 Å². The number of amides is 2. The lowest BCUT2D eigenvalue weighted by molar-refractivity contribution is -0.123. The molecule has 0 aliphatic carbocycles. The highest BCUT2D eigenvalue weighted by Crippen LogP contribution is 2.12. The first-order chi connectivity index (χ1) is 12.8. The van der Waals surface area contributed by atoms with E-state index in [0.29, 0.717) is 5.70 Å². The Morgan fingerprint density at radius 3 is 2.70 bits per heavy atom. The molecule has 0 fully saturated rings. The van der Waals surface area contributed by atoms with Gasteiger partial charge in [-0.25, -0.2) is 13.8 Å². The van der Waals surface area contributed by atoms with Crippen LogP contribution in [0.25, 0.3) is 0 Å². The Hall–Kier alpha value is -3.00. The van der Waals surface area contributed by atoms with Crippen LogP contribution < -0.4 is 10.6 Å². The lowest BCUT2D eigenvalue weighted by Gasteiger charge is -2.09. The van der Waals surface area contributed by atoms with E-state index in [1.54, 1.807) is 0 Å². The molecule has 2 N–H and O–H groups in total. The number of aromatic nitrogens is 1. The molecule has 1 aromatic heterocycles. The van der Waals surface area contributed by atoms with Crippen molar-refractivity contribution >= 4 is 23.4 Å². The first kappa shape index (κ1) is 22.0. The van der Waals surface area contributed by atoms with Crippen LogP contribution in [0.1, 0.15) is 16.9 Å². The molecular formula is C18H18ClF2N3O3. The van der Waals surface area contributed by atoms with E-state index in [4.69, 9.17) is 16.3 Å². The van der Waals surface area contributed by atoms with Gasteiger partial charge in [-0.05, 0) is 24.3 Å². The number of allylic oxidation sites excluding steroid dienone is 4. The molecule has 0 aliphatic heterocycles. The van der Waals surface area contributed by atoms with Gasteiger partial charge in [0, 0.05) is 18.7 Å². The zero-order valence-electron chi connectivity index (χ0n) is 14.3. The van der Waals surface area contributed by atoms with E-state index < -0.39 is 23.5 Å². The van der Waals surface area contributed by atoms with Crippen LogP contribution in [0.2, 0.25) is 0 Å². The largest absolute Gasteiger partial charge is 0.491 e. The molecule has 0 aliphatic rings. The summed E-state index contributed by atoms with van der Waals surface area (Å²) in [5.41, 5.74) is 0.452. The maximum absolute atomic E-state index is 12.7. The third-order valence-corrected chi connectivity index (χ3v) is 3.21. The minimum absolute atomic E-state index is 0.0803. The fraction of sp³-hybridized carbons (Fsp3) is 0.167. The zero-order valence-corrected chi connectivity index (χ0v) is 15.1. The zero-order chi connectivity index (χ0) is 20.2. The number of rotatable bonds is 10. The highest BCUT2D eigenvalue weighted by molar-refractivity contribution is 6.31. The Balaban J connectivity index is 2.24. The molecule has 0 saturated carbocycles. The number of hydrogen-bond acceptors (Lipinski definition) is 4. The number of halogens is 3. The summed E-state index contributed by atoms with van der Waals surface area (Å²) in [6.07, 6.45) is 4.93. The molecule has 2 amide bonds. The third kappa shape index (κ3) is 9.31. The maximum Gasteiger partial charge on any atom is 0.269 e. The number of carbonyl (C=O) groups is 2. The summed E-state index contributed by atoms with van der Waals surface area (Å²) < 4.78 is 30.2. The summed E-state index contributed by atoms with van der Waals surface area (Å²) in [5, 5.41) is 4.89. The van der Waals surface area contributed by atoms with Crippen LogP contribution in [0.5, 0.6) is 0 Å². The van der Waals surface area contributed by atoms with Crippen molar-refractivity contribution in [2.24, 2.45) is 0 Å². The van der Waals surface area contributed by atoms with Crippen molar-refractivity contribution in [2.45, 2.75) is 6.42 Å². The number of ether oxygens (including phenoxy) is 1. The third-order valence-electron chi connectivity index (χ3n) is 2.88. The second kappa shape index (κ2) is 11.6. The second-order valence-electron chi connectivity index (χ2n) is 5.08. The SMILES string of the molecule is C=C(CCNC(=O)c1ccc(F)cn1)NC(=O)CO/C=C/C=C(/Cl)C(=C)F. The van der Waals surface area contributed by atoms with Crippen LogP contribution in [-0.2, 0) is 9.53 Å². The molecule has 27 heavy (non-hydrogen) atoms. The summed E-state index contributed by atoms with van der Waals surface area (Å²) in [5.74, 6) is -2.24. The van der Waals surface area contributed by atoms with Gasteiger partial charge in [-0.1, -0.05) is 24.8 Å². The monoisotopic (exact) mass is 397 g/mol. The molecule has 9 heteroatoms. The molecule has 0 bridgehead atoms. The van der Waals surface area contributed by atoms with Crippen LogP contribution in [0.15, 0.2) is 66.5 Å². The predicted octanol–water partition coefficient (Wildman–Crippen LogP) is 3.11. The van der Waals surface area contributed by atoms with E-state index in [1.165, 1.54) is 24.5 Å². The van der Waals surface area contributed by atoms with Crippen LogP contribution in [-0.4, -0.2) is 29.9 Å². The van der Waals surface area contributed by atoms with E-state index >= 15 is 0 Å². The van der Waals surface area contributed by atoms with E-state index in [-0.39, 0.29) is 30.3 Å². The van der Waals surface area contributed by atoms with E-state index in [9.17, 15) is 18.4 Å². The van der Waals surface area contributed by atoms with Gasteiger partial charge >= 0.3 is 0 Å². The second-order valence-corrected chi connectivity index (χ2v) is 5.49. The van der Waals surface area contributed by atoms with E-state index in [2.05, 4.69) is 28.8 Å². The van der Waals surface area contributed by atoms with Crippen molar-refractivity contribution < 1.29 is 23.1 Å². The molecule has 6 nitrogen and oxygen atoms in total. The molecule has 1 aromatic rings. The van der Waals surface area contributed by atoms with Crippen molar-refractivity contribution in [3.8, 4) is 0 Å². The van der Waals surface area contributed by atoms with Crippen molar-refractivity contribution in [3.63, 3.8) is 0 Å². The molecule has 144 valence electrons. The standard InChI is InChI=1S/C18H18ClF2N3O3/c1-12(7-8-22-18(26)16-6-5-14(21)10-23-16)24-17(25)11-27-9-3-4-15(19)13(2)20/h3-6,9-10H,1-2,7-8,11H2,(H,22,26)(H,24,25)/b9-3+,15-4+. The Labute approximate surface area is 160 Å². The summed E-state index contributed by atoms with van der Waals surface area (Å²) in [6, 6.07) is 2.39. The van der Waals surface area contributed by atoms with Crippen molar-refractivity contribution in [3.05, 3.63) is 78.0 Å². The fourth-order valence-corrected chi connectivity index (χ4v) is 1.69. The first-order valence-electron chi connectivity index (χ1n) is 7.65. The molecule has 1 heterocycles. The van der Waals surface area contributed by atoms with Gasteiger partial charge in [0.25, 0.3) is 11.8 Å². The van der Waals surface area contributed by atoms with Gasteiger partial charge in [-0.3, -0.25) is 9.59 Å². The van der Waals surface area contributed by atoms with E-state index in [1.807, 2.05) is 0 Å². The normalized spacial score (nSPS) is 11.1. The van der Waals surface area contributed by atoms with Crippen molar-refractivity contribution in [1.82, 2.24) is 15.6 Å². The van der Waals surface area contributed by atoms with Gasteiger partial charge in [0.2, 0.25) is 0 Å². The molecule has 0 radical (unpaired) electrons. The molecule has 0 atom stereocenters. The molecule has 1 rings (SSSR count). The quantitative estimate of drug-likeness (QED) is 0.469. The van der Waals surface area contributed by atoms with Gasteiger partial charge in [0.15, 0.2) is 6.61 Å². The van der Waals surface area contributed by atoms with Crippen LogP contribution in [0.4, 0.5) is 8.78 Å². The van der Waals surface area contributed by atoms with Gasteiger partial charge in [0.1, 0.15) is 17.3 Å². The highest BCUT2D eigenvalue weighted by atomic mass is 35.5. The molecule has 0 unspecified atom stereocenters. The fourth-order valence-electron chi connectivity index (χ4n) is 1.62. The Kier molecular flexibility index (Phi) is 9.46. The number of carbonyl (C=O) groups excluding carboxylic acids is 2. The summed E-state index contributed by atoms with van der Waals surface area (Å²) in [7, 11) is 0. The Morgan fingerprint density at radius 2 is 2.07 bits per heavy atom. The first-order valence-corrected chi connectivity index (χ1v) is 8.03. The minimum atomic E-state index is -0.780. The number of nitrogens with zero attached hydrogens (tertiary/aromatic N) is 1. The Bertz CT molecular complexity index is 762. The highest BCUT2D eigenvalue weighted by Gasteiger charge is 2.07. The molecule has 0 spiro atoms. The van der Waals surface area contributed by atoms with Crippen molar-refractivity contribution in [1.29, 1.82) is 0 Å². The lowest BCUT2D eigenvalue weighted by atomic mass is 10.3. The van der Waals surface area contributed by atoms with Gasteiger partial charge in [-0.2, -0.15) is 0 Å². The summed E-state index contributed by atoms with van der Waals surface area (Å²) in [6.45, 7) is 6.59. The average Bonchev–Trinajstić information content (AvgIpc) is 2.61. The van der Waals surface area contributed by atoms with E-state index in [0.717, 1.165) is 12.3 Å². The minimum Gasteiger partial charge on any atom is -0.491 e. The van der Waals surface area contributed by atoms with Crippen LogP contribution in [0.3, 0.4) is 0 Å². The average molecular weight is 398 g/mol. The number of nitrogens with one attached hydrogen (secondary N) is 2. The van der Waals surface area contributed by atoms with Crippen LogP contribution >= 0.6 is 11.6 Å². The van der Waals surface area contributed by atoms with Crippen LogP contribution in [0, 0.1) is 5.82 Å².